The van der Waals surface area contributed by atoms with Crippen LogP contribution in [0.5, 0.6) is 0 Å². The van der Waals surface area contributed by atoms with Gasteiger partial charge in [-0.15, -0.1) is 0 Å². The molecule has 0 aromatic rings. The maximum absolute atomic E-state index is 8.41. The molecule has 0 bridgehead atoms. The summed E-state index contributed by atoms with van der Waals surface area (Å²) in [6, 6.07) is 0. The predicted octanol–water partition coefficient (Wildman–Crippen LogP) is 1.13. The molecule has 58 valence electrons. The van der Waals surface area contributed by atoms with Crippen molar-refractivity contribution in [2.45, 2.75) is 13.0 Å². The Morgan fingerprint density at radius 2 is 2.20 bits per heavy atom. The Morgan fingerprint density at radius 3 is 2.60 bits per heavy atom. The summed E-state index contributed by atoms with van der Waals surface area (Å²) >= 11 is 0. The van der Waals surface area contributed by atoms with E-state index in [1.165, 1.54) is 0 Å². The first-order valence-electron chi connectivity index (χ1n) is 3.28. The summed E-state index contributed by atoms with van der Waals surface area (Å²) in [6.45, 7) is 2.00. The average molecular weight is 142 g/mol. The van der Waals surface area contributed by atoms with Gasteiger partial charge in [0.05, 0.1) is 12.7 Å². The monoisotopic (exact) mass is 142 g/mol. The van der Waals surface area contributed by atoms with Gasteiger partial charge in [0.15, 0.2) is 0 Å². The van der Waals surface area contributed by atoms with Crippen LogP contribution in [-0.2, 0) is 4.74 Å². The number of aliphatic hydroxyl groups is 1. The molecule has 0 heterocycles. The summed E-state index contributed by atoms with van der Waals surface area (Å²) in [5.41, 5.74) is 0. The van der Waals surface area contributed by atoms with E-state index in [2.05, 4.69) is 0 Å². The van der Waals surface area contributed by atoms with Crippen molar-refractivity contribution >= 4 is 0 Å². The molecule has 2 nitrogen and oxygen atoms in total. The lowest BCUT2D eigenvalue weighted by atomic mass is 10.3. The van der Waals surface area contributed by atoms with Gasteiger partial charge in [0, 0.05) is 7.11 Å². The fourth-order valence-electron chi connectivity index (χ4n) is 0.606. The lowest BCUT2D eigenvalue weighted by Gasteiger charge is -2.02. The molecule has 0 spiro atoms. The highest BCUT2D eigenvalue weighted by molar-refractivity contribution is 5.01. The van der Waals surface area contributed by atoms with Gasteiger partial charge in [-0.1, -0.05) is 24.3 Å². The second-order valence-corrected chi connectivity index (χ2v) is 1.84. The molecule has 0 aliphatic carbocycles. The van der Waals surface area contributed by atoms with E-state index >= 15 is 0 Å². The molecule has 0 aliphatic rings. The van der Waals surface area contributed by atoms with Gasteiger partial charge in [-0.25, -0.2) is 0 Å². The maximum Gasteiger partial charge on any atom is 0.0934 e. The van der Waals surface area contributed by atoms with Gasteiger partial charge < -0.3 is 9.84 Å². The zero-order chi connectivity index (χ0) is 7.82. The third kappa shape index (κ3) is 4.30. The Hall–Kier alpha value is -0.600. The van der Waals surface area contributed by atoms with Gasteiger partial charge in [-0.3, -0.25) is 0 Å². The smallest absolute Gasteiger partial charge is 0.0934 e. The molecule has 10 heavy (non-hydrogen) atoms. The van der Waals surface area contributed by atoms with Gasteiger partial charge in [0.1, 0.15) is 0 Å². The Morgan fingerprint density at radius 1 is 1.50 bits per heavy atom. The zero-order valence-electron chi connectivity index (χ0n) is 6.45. The summed E-state index contributed by atoms with van der Waals surface area (Å²) in [7, 11) is 1.63. The molecule has 0 radical (unpaired) electrons. The van der Waals surface area contributed by atoms with E-state index in [9.17, 15) is 0 Å². The molecule has 2 heteroatoms. The second-order valence-electron chi connectivity index (χ2n) is 1.84. The van der Waals surface area contributed by atoms with Crippen molar-refractivity contribution in [1.29, 1.82) is 0 Å². The van der Waals surface area contributed by atoms with Crippen LogP contribution in [0.1, 0.15) is 6.92 Å². The largest absolute Gasteiger partial charge is 0.392 e. The molecule has 0 saturated heterocycles. The van der Waals surface area contributed by atoms with E-state index in [0.717, 1.165) is 0 Å². The van der Waals surface area contributed by atoms with Gasteiger partial charge in [-0.2, -0.15) is 0 Å². The van der Waals surface area contributed by atoms with Crippen LogP contribution in [0, 0.1) is 0 Å². The normalized spacial score (nSPS) is 15.1. The van der Waals surface area contributed by atoms with Gasteiger partial charge in [0.2, 0.25) is 0 Å². The third-order valence-corrected chi connectivity index (χ3v) is 1.09. The Bertz CT molecular complexity index is 116. The van der Waals surface area contributed by atoms with Crippen LogP contribution in [0.3, 0.4) is 0 Å². The van der Waals surface area contributed by atoms with Crippen molar-refractivity contribution < 1.29 is 9.84 Å². The molecule has 0 saturated carbocycles. The minimum atomic E-state index is -0.00264. The van der Waals surface area contributed by atoms with Crippen LogP contribution in [0.15, 0.2) is 24.3 Å². The maximum atomic E-state index is 8.41. The number of hydrogen-bond acceptors (Lipinski definition) is 2. The number of aliphatic hydroxyl groups excluding tert-OH is 1. The van der Waals surface area contributed by atoms with E-state index in [1.54, 1.807) is 19.3 Å². The Kier molecular flexibility index (Phi) is 6.13. The van der Waals surface area contributed by atoms with Crippen molar-refractivity contribution in [1.82, 2.24) is 0 Å². The molecular weight excluding hydrogens is 128 g/mol. The Balaban J connectivity index is 3.70. The van der Waals surface area contributed by atoms with Crippen molar-refractivity contribution in [3.8, 4) is 0 Å². The lowest BCUT2D eigenvalue weighted by molar-refractivity contribution is 0.176. The minimum absolute atomic E-state index is 0.00264. The second kappa shape index (κ2) is 6.52. The van der Waals surface area contributed by atoms with Crippen molar-refractivity contribution in [3.05, 3.63) is 24.3 Å². The van der Waals surface area contributed by atoms with Crippen molar-refractivity contribution in [2.75, 3.05) is 13.7 Å². The summed E-state index contributed by atoms with van der Waals surface area (Å²) in [6.07, 6.45) is 7.29. The third-order valence-electron chi connectivity index (χ3n) is 1.09. The average Bonchev–Trinajstić information content (AvgIpc) is 1.98. The fourth-order valence-corrected chi connectivity index (χ4v) is 0.606. The van der Waals surface area contributed by atoms with Crippen LogP contribution < -0.4 is 0 Å². The van der Waals surface area contributed by atoms with Crippen LogP contribution in [0.2, 0.25) is 0 Å². The SMILES string of the molecule is CC=CC(C=CCO)OC. The first kappa shape index (κ1) is 9.40. The van der Waals surface area contributed by atoms with Crippen LogP contribution in [0.4, 0.5) is 0 Å². The summed E-state index contributed by atoms with van der Waals surface area (Å²) in [4.78, 5) is 0. The molecular formula is C8H14O2. The lowest BCUT2D eigenvalue weighted by Crippen LogP contribution is -2.01. The highest BCUT2D eigenvalue weighted by atomic mass is 16.5. The molecule has 0 rings (SSSR count). The van der Waals surface area contributed by atoms with Crippen LogP contribution in [0.25, 0.3) is 0 Å². The molecule has 1 unspecified atom stereocenters. The number of methoxy groups -OCH3 is 1. The number of hydrogen-bond donors (Lipinski definition) is 1. The highest BCUT2D eigenvalue weighted by Gasteiger charge is 1.92. The number of ether oxygens (including phenoxy) is 1. The molecule has 0 amide bonds. The number of allylic oxidation sites excluding steroid dienone is 1. The van der Waals surface area contributed by atoms with E-state index in [1.807, 2.05) is 19.1 Å². The zero-order valence-corrected chi connectivity index (χ0v) is 6.45. The van der Waals surface area contributed by atoms with E-state index < -0.39 is 0 Å². The fraction of sp³-hybridized carbons (Fsp3) is 0.500. The first-order valence-corrected chi connectivity index (χ1v) is 3.28. The molecule has 0 aliphatic heterocycles. The van der Waals surface area contributed by atoms with Crippen LogP contribution in [-0.4, -0.2) is 24.9 Å². The summed E-state index contributed by atoms with van der Waals surface area (Å²) in [5.74, 6) is 0. The van der Waals surface area contributed by atoms with E-state index in [-0.39, 0.29) is 12.7 Å². The van der Waals surface area contributed by atoms with Gasteiger partial charge >= 0.3 is 0 Å². The topological polar surface area (TPSA) is 29.5 Å². The molecule has 0 aromatic carbocycles. The molecule has 0 fully saturated rings. The van der Waals surface area contributed by atoms with Crippen LogP contribution >= 0.6 is 0 Å². The number of rotatable bonds is 4. The molecule has 0 aromatic heterocycles. The quantitative estimate of drug-likeness (QED) is 0.596. The standard InChI is InChI=1S/C8H14O2/c1-3-5-8(10-2)6-4-7-9/h3-6,8-9H,7H2,1-2H3. The van der Waals surface area contributed by atoms with Gasteiger partial charge in [-0.05, 0) is 6.92 Å². The summed E-state index contributed by atoms with van der Waals surface area (Å²) in [5, 5.41) is 8.41. The minimum Gasteiger partial charge on any atom is -0.392 e. The van der Waals surface area contributed by atoms with E-state index in [4.69, 9.17) is 9.84 Å². The summed E-state index contributed by atoms with van der Waals surface area (Å²) < 4.78 is 5.01. The molecule has 1 atom stereocenters. The highest BCUT2D eigenvalue weighted by Crippen LogP contribution is 1.93. The molecule has 1 N–H and O–H groups in total. The predicted molar refractivity (Wildman–Crippen MR) is 41.8 cm³/mol. The first-order chi connectivity index (χ1) is 4.85. The Labute approximate surface area is 61.8 Å². The van der Waals surface area contributed by atoms with Crippen molar-refractivity contribution in [2.24, 2.45) is 0 Å². The van der Waals surface area contributed by atoms with E-state index in [0.29, 0.717) is 0 Å². The van der Waals surface area contributed by atoms with Crippen molar-refractivity contribution in [3.63, 3.8) is 0 Å². The van der Waals surface area contributed by atoms with Gasteiger partial charge in [0.25, 0.3) is 0 Å².